The fourth-order valence-electron chi connectivity index (χ4n) is 4.15. The monoisotopic (exact) mass is 589 g/mol. The van der Waals surface area contributed by atoms with Gasteiger partial charge < -0.3 is 9.64 Å². The molecular weight excluding hydrogens is 563 g/mol. The molecule has 0 fully saturated rings. The number of anilines is 1. The van der Waals surface area contributed by atoms with Crippen molar-refractivity contribution in [3.8, 4) is 5.75 Å². The Morgan fingerprint density at radius 2 is 1.79 bits per heavy atom. The molecule has 0 aliphatic carbocycles. The first kappa shape index (κ1) is 30.7. The van der Waals surface area contributed by atoms with Crippen LogP contribution >= 0.6 is 23.2 Å². The molecule has 0 radical (unpaired) electrons. The van der Waals surface area contributed by atoms with Crippen LogP contribution in [0.3, 0.4) is 0 Å². The number of benzene rings is 3. The van der Waals surface area contributed by atoms with E-state index in [0.29, 0.717) is 46.4 Å². The molecule has 1 amide bonds. The minimum absolute atomic E-state index is 0. The number of carbonyl (C=O) groups excluding carboxylic acids is 1. The Morgan fingerprint density at radius 1 is 1.08 bits per heavy atom. The molecule has 0 bridgehead atoms. The first-order valence-electron chi connectivity index (χ1n) is 11.5. The maximum atomic E-state index is 14.2. The fraction of sp³-hybridized carbons (Fsp3) is 0.269. The third-order valence-corrected chi connectivity index (χ3v) is 7.95. The molecule has 198 valence electrons. The van der Waals surface area contributed by atoms with Gasteiger partial charge in [0.25, 0.3) is 5.91 Å². The molecule has 0 saturated heterocycles. The van der Waals surface area contributed by atoms with E-state index in [1.807, 2.05) is 6.07 Å². The van der Waals surface area contributed by atoms with E-state index in [-0.39, 0.29) is 36.2 Å². The van der Waals surface area contributed by atoms with Crippen LogP contribution < -0.4 is 14.4 Å². The van der Waals surface area contributed by atoms with Crippen molar-refractivity contribution >= 4 is 74.6 Å². The van der Waals surface area contributed by atoms with Crippen molar-refractivity contribution in [1.82, 2.24) is 9.03 Å². The second-order valence-electron chi connectivity index (χ2n) is 8.82. The van der Waals surface area contributed by atoms with Gasteiger partial charge in [-0.1, -0.05) is 35.3 Å². The summed E-state index contributed by atoms with van der Waals surface area (Å²) in [5, 5.41) is 0.837. The van der Waals surface area contributed by atoms with Crippen molar-refractivity contribution in [2.45, 2.75) is 26.0 Å². The molecule has 1 N–H and O–H groups in total. The first-order chi connectivity index (χ1) is 17.5. The van der Waals surface area contributed by atoms with E-state index in [0.717, 1.165) is 27.5 Å². The van der Waals surface area contributed by atoms with Gasteiger partial charge in [0.15, 0.2) is 0 Å². The molecule has 3 aromatic rings. The average molecular weight is 590 g/mol. The predicted molar refractivity (Wildman–Crippen MR) is 150 cm³/mol. The second-order valence-corrected chi connectivity index (χ2v) is 11.6. The summed E-state index contributed by atoms with van der Waals surface area (Å²) in [5.41, 5.74) is 3.08. The van der Waals surface area contributed by atoms with Crippen molar-refractivity contribution in [3.05, 3.63) is 92.7 Å². The summed E-state index contributed by atoms with van der Waals surface area (Å²) in [4.78, 5) is 15.0. The van der Waals surface area contributed by atoms with Gasteiger partial charge in [0.1, 0.15) is 18.2 Å². The van der Waals surface area contributed by atoms with E-state index >= 15 is 0 Å². The van der Waals surface area contributed by atoms with Crippen LogP contribution in [0.15, 0.2) is 54.6 Å². The molecule has 1 aliphatic rings. The Balaban J connectivity index is 0.00000400. The Hall–Kier alpha value is -1.85. The van der Waals surface area contributed by atoms with Crippen LogP contribution in [0, 0.1) is 5.82 Å². The fourth-order valence-corrected chi connectivity index (χ4v) is 5.03. The molecule has 1 aliphatic heterocycles. The summed E-state index contributed by atoms with van der Waals surface area (Å²) in [6.07, 6.45) is 1.40. The molecule has 0 saturated carbocycles. The number of rotatable bonds is 8. The summed E-state index contributed by atoms with van der Waals surface area (Å²) < 4.78 is 47.6. The number of nitrogens with zero attached hydrogens (tertiary/aromatic N) is 2. The van der Waals surface area contributed by atoms with Crippen LogP contribution in [-0.2, 0) is 29.8 Å². The molecule has 1 heterocycles. The van der Waals surface area contributed by atoms with Crippen molar-refractivity contribution in [1.29, 1.82) is 0 Å². The number of nitrogens with one attached hydrogen (secondary N) is 1. The summed E-state index contributed by atoms with van der Waals surface area (Å²) in [7, 11) is -1.22. The molecule has 0 spiro atoms. The third kappa shape index (κ3) is 7.21. The van der Waals surface area contributed by atoms with Crippen molar-refractivity contribution in [3.63, 3.8) is 0 Å². The van der Waals surface area contributed by atoms with E-state index in [4.69, 9.17) is 27.9 Å². The Bertz CT molecular complexity index is 1440. The van der Waals surface area contributed by atoms with Gasteiger partial charge >= 0.3 is 39.8 Å². The van der Waals surface area contributed by atoms with Crippen LogP contribution in [0.5, 0.6) is 5.75 Å². The van der Waals surface area contributed by atoms with E-state index < -0.39 is 21.9 Å². The standard InChI is InChI=1S/C26H26Cl2FN3O4S.Na.H/c1-31(2)37(34,35)30-26(33)22-5-3-7-24-21(22)6-4-12-32(24)15-18-13-19(27)10-11-25(18)36-16-17-8-9-20(28)14-23(17)29;;/h3,5,7-11,13-14H,4,6,12,15-16H2,1-2H3,(H,30,33);;. The number of ether oxygens (including phenoxy) is 1. The van der Waals surface area contributed by atoms with Gasteiger partial charge in [0.2, 0.25) is 0 Å². The Kier molecular flexibility index (Phi) is 10.5. The molecule has 0 atom stereocenters. The molecule has 4 rings (SSSR count). The van der Waals surface area contributed by atoms with Gasteiger partial charge in [-0.3, -0.25) is 4.79 Å². The van der Waals surface area contributed by atoms with Gasteiger partial charge in [-0.2, -0.15) is 12.7 Å². The van der Waals surface area contributed by atoms with E-state index in [9.17, 15) is 17.6 Å². The van der Waals surface area contributed by atoms with Gasteiger partial charge in [-0.25, -0.2) is 9.11 Å². The molecular formula is C26H27Cl2FN3NaO4S. The predicted octanol–water partition coefficient (Wildman–Crippen LogP) is 4.55. The number of halogens is 3. The minimum atomic E-state index is -3.92. The van der Waals surface area contributed by atoms with E-state index in [2.05, 4.69) is 9.62 Å². The summed E-state index contributed by atoms with van der Waals surface area (Å²) >= 11 is 12.1. The quantitative estimate of drug-likeness (QED) is 0.390. The normalized spacial score (nSPS) is 13.1. The number of fused-ring (bicyclic) bond motifs is 1. The second kappa shape index (κ2) is 13.0. The first-order valence-corrected chi connectivity index (χ1v) is 13.7. The molecule has 38 heavy (non-hydrogen) atoms. The van der Waals surface area contributed by atoms with Gasteiger partial charge in [-0.05, 0) is 60.9 Å². The molecule has 0 aromatic heterocycles. The topological polar surface area (TPSA) is 79.0 Å². The Morgan fingerprint density at radius 3 is 2.50 bits per heavy atom. The number of carbonyl (C=O) groups is 1. The number of amides is 1. The summed E-state index contributed by atoms with van der Waals surface area (Å²) in [6, 6.07) is 14.9. The van der Waals surface area contributed by atoms with Crippen LogP contribution in [0.4, 0.5) is 10.1 Å². The molecule has 3 aromatic carbocycles. The zero-order valence-electron chi connectivity index (χ0n) is 20.3. The van der Waals surface area contributed by atoms with E-state index in [1.54, 1.807) is 42.5 Å². The number of hydrogen-bond acceptors (Lipinski definition) is 5. The average Bonchev–Trinajstić information content (AvgIpc) is 2.84. The van der Waals surface area contributed by atoms with Crippen LogP contribution in [0.2, 0.25) is 10.0 Å². The molecule has 0 unspecified atom stereocenters. The van der Waals surface area contributed by atoms with Gasteiger partial charge in [0, 0.05) is 59.6 Å². The van der Waals surface area contributed by atoms with Gasteiger partial charge in [-0.15, -0.1) is 0 Å². The zero-order chi connectivity index (χ0) is 26.7. The summed E-state index contributed by atoms with van der Waals surface area (Å²) in [5.74, 6) is -0.573. The SMILES string of the molecule is CN(C)S(=O)(=O)NC(=O)c1cccc2c1CCCN2Cc1cc(Cl)ccc1OCc1ccc(Cl)cc1F.[NaH]. The van der Waals surface area contributed by atoms with E-state index in [1.165, 1.54) is 20.2 Å². The van der Waals surface area contributed by atoms with Crippen molar-refractivity contribution in [2.24, 2.45) is 0 Å². The summed E-state index contributed by atoms with van der Waals surface area (Å²) in [6.45, 7) is 1.15. The van der Waals surface area contributed by atoms with Crippen molar-refractivity contribution in [2.75, 3.05) is 25.5 Å². The van der Waals surface area contributed by atoms with Crippen molar-refractivity contribution < 1.29 is 22.3 Å². The van der Waals surface area contributed by atoms with Gasteiger partial charge in [0.05, 0.1) is 0 Å². The Labute approximate surface area is 254 Å². The van der Waals surface area contributed by atoms with Crippen LogP contribution in [0.1, 0.15) is 33.5 Å². The number of hydrogen-bond donors (Lipinski definition) is 1. The third-order valence-electron chi connectivity index (χ3n) is 6.08. The zero-order valence-corrected chi connectivity index (χ0v) is 22.6. The molecule has 12 heteroatoms. The molecule has 7 nitrogen and oxygen atoms in total. The van der Waals surface area contributed by atoms with Crippen LogP contribution in [0.25, 0.3) is 0 Å². The maximum absolute atomic E-state index is 14.2. The van der Waals surface area contributed by atoms with Crippen LogP contribution in [-0.4, -0.2) is 68.8 Å².